The predicted octanol–water partition coefficient (Wildman–Crippen LogP) is 2.29. The van der Waals surface area contributed by atoms with Gasteiger partial charge in [0, 0.05) is 55.8 Å². The Morgan fingerprint density at radius 2 is 1.86 bits per heavy atom. The fourth-order valence-electron chi connectivity index (χ4n) is 4.70. The van der Waals surface area contributed by atoms with Crippen LogP contribution in [0.3, 0.4) is 0 Å². The summed E-state index contributed by atoms with van der Waals surface area (Å²) < 4.78 is 0. The molecular formula is C26H29N7O3. The molecule has 3 amide bonds. The molecule has 0 spiro atoms. The molecule has 0 bridgehead atoms. The molecule has 6 rings (SSSR count). The average molecular weight is 488 g/mol. The van der Waals surface area contributed by atoms with E-state index in [0.29, 0.717) is 55.1 Å². The largest absolute Gasteiger partial charge is 0.370 e. The lowest BCUT2D eigenvalue weighted by Crippen LogP contribution is -2.66. The number of anilines is 1. The number of aromatic nitrogens is 2. The average Bonchev–Trinajstić information content (AvgIpc) is 3.84. The Morgan fingerprint density at radius 3 is 2.56 bits per heavy atom. The first-order valence-corrected chi connectivity index (χ1v) is 12.7. The first-order valence-electron chi connectivity index (χ1n) is 12.7. The highest BCUT2D eigenvalue weighted by Crippen LogP contribution is 2.36. The molecule has 2 aliphatic heterocycles. The number of carbonyl (C=O) groups is 3. The van der Waals surface area contributed by atoms with Gasteiger partial charge in [-0.25, -0.2) is 14.8 Å². The first kappa shape index (κ1) is 22.6. The van der Waals surface area contributed by atoms with E-state index in [1.807, 2.05) is 12.1 Å². The minimum absolute atomic E-state index is 0.0185. The fourth-order valence-corrected chi connectivity index (χ4v) is 4.70. The zero-order valence-corrected chi connectivity index (χ0v) is 20.0. The highest BCUT2D eigenvalue weighted by Gasteiger charge is 2.51. The van der Waals surface area contributed by atoms with E-state index < -0.39 is 12.2 Å². The molecule has 2 aromatic heterocycles. The van der Waals surface area contributed by atoms with Gasteiger partial charge in [-0.1, -0.05) is 0 Å². The van der Waals surface area contributed by atoms with Gasteiger partial charge in [-0.15, -0.1) is 0 Å². The highest BCUT2D eigenvalue weighted by molar-refractivity contribution is 6.08. The Hall–Kier alpha value is -3.82. The molecule has 186 valence electrons. The van der Waals surface area contributed by atoms with E-state index in [4.69, 9.17) is 4.99 Å². The lowest BCUT2D eigenvalue weighted by atomic mass is 10.1. The highest BCUT2D eigenvalue weighted by atomic mass is 16.2. The second kappa shape index (κ2) is 9.33. The molecular weight excluding hydrogens is 458 g/mol. The summed E-state index contributed by atoms with van der Waals surface area (Å²) in [5.74, 6) is 1.99. The van der Waals surface area contributed by atoms with Crippen LogP contribution in [0.1, 0.15) is 48.0 Å². The minimum Gasteiger partial charge on any atom is -0.370 e. The van der Waals surface area contributed by atoms with Gasteiger partial charge in [0.15, 0.2) is 11.9 Å². The molecule has 10 heteroatoms. The lowest BCUT2D eigenvalue weighted by Gasteiger charge is -2.40. The van der Waals surface area contributed by atoms with Crippen LogP contribution in [-0.2, 0) is 4.79 Å². The van der Waals surface area contributed by atoms with Crippen LogP contribution in [0.2, 0.25) is 0 Å². The van der Waals surface area contributed by atoms with Crippen molar-refractivity contribution in [1.82, 2.24) is 25.1 Å². The first-order chi connectivity index (χ1) is 17.6. The number of imide groups is 1. The Labute approximate surface area is 209 Å². The molecule has 2 N–H and O–H groups in total. The summed E-state index contributed by atoms with van der Waals surface area (Å²) in [5.41, 5.74) is 1.34. The van der Waals surface area contributed by atoms with Gasteiger partial charge in [0.25, 0.3) is 5.91 Å². The van der Waals surface area contributed by atoms with Crippen molar-refractivity contribution in [2.45, 2.75) is 44.3 Å². The number of amides is 3. The van der Waals surface area contributed by atoms with Crippen molar-refractivity contribution in [2.24, 2.45) is 16.8 Å². The van der Waals surface area contributed by atoms with E-state index in [-0.39, 0.29) is 17.7 Å². The van der Waals surface area contributed by atoms with Crippen LogP contribution < -0.4 is 10.6 Å². The molecule has 0 aromatic carbocycles. The van der Waals surface area contributed by atoms with Crippen molar-refractivity contribution >= 4 is 29.4 Å². The van der Waals surface area contributed by atoms with Crippen molar-refractivity contribution in [1.29, 1.82) is 0 Å². The maximum Gasteiger partial charge on any atom is 0.328 e. The van der Waals surface area contributed by atoms with Gasteiger partial charge in [-0.3, -0.25) is 24.4 Å². The standard InChI is InChI=1S/C26H29N7O3/c34-20(18-2-1-10-27-12-18)9-11-28-21-8-7-19(13-29-21)23-30-22-24(31-23)32(14-16-3-4-16)26(36)33(25(22)35)15-17-5-6-17/h1-2,7-8,10,12-13,16-17,22,24H,3-6,9,11,14-15H2,(H,28,29)(H,30,31). The molecule has 2 aliphatic carbocycles. The number of hydrogen-bond acceptors (Lipinski definition) is 8. The molecule has 10 nitrogen and oxygen atoms in total. The number of rotatable bonds is 10. The smallest absolute Gasteiger partial charge is 0.328 e. The second-order valence-electron chi connectivity index (χ2n) is 10.1. The summed E-state index contributed by atoms with van der Waals surface area (Å²) in [5, 5.41) is 6.44. The van der Waals surface area contributed by atoms with Gasteiger partial charge in [0.1, 0.15) is 17.7 Å². The molecule has 2 atom stereocenters. The van der Waals surface area contributed by atoms with E-state index in [9.17, 15) is 14.4 Å². The third-order valence-electron chi connectivity index (χ3n) is 7.15. The minimum atomic E-state index is -0.563. The van der Waals surface area contributed by atoms with Gasteiger partial charge in [0.05, 0.1) is 0 Å². The number of amidine groups is 1. The quantitative estimate of drug-likeness (QED) is 0.494. The van der Waals surface area contributed by atoms with Gasteiger partial charge < -0.3 is 10.6 Å². The predicted molar refractivity (Wildman–Crippen MR) is 132 cm³/mol. The second-order valence-corrected chi connectivity index (χ2v) is 10.1. The van der Waals surface area contributed by atoms with E-state index in [2.05, 4.69) is 20.6 Å². The number of hydrogen-bond donors (Lipinski definition) is 2. The lowest BCUT2D eigenvalue weighted by molar-refractivity contribution is -0.135. The zero-order chi connectivity index (χ0) is 24.6. The SMILES string of the molecule is O=C(CCNc1ccc(C2=NC3C(N2)C(=O)N(CC2CC2)C(=O)N3CC2CC2)cn1)c1cccnc1. The molecule has 1 saturated heterocycles. The van der Waals surface area contributed by atoms with Crippen molar-refractivity contribution < 1.29 is 14.4 Å². The topological polar surface area (TPSA) is 120 Å². The number of urea groups is 1. The van der Waals surface area contributed by atoms with Crippen LogP contribution in [-0.4, -0.2) is 75.2 Å². The molecule has 4 aliphatic rings. The third-order valence-corrected chi connectivity index (χ3v) is 7.15. The molecule has 0 radical (unpaired) electrons. The van der Waals surface area contributed by atoms with Crippen molar-refractivity contribution in [3.63, 3.8) is 0 Å². The zero-order valence-electron chi connectivity index (χ0n) is 20.0. The van der Waals surface area contributed by atoms with Crippen LogP contribution in [0.25, 0.3) is 0 Å². The van der Waals surface area contributed by atoms with Crippen LogP contribution in [0.15, 0.2) is 47.8 Å². The molecule has 2 aromatic rings. The Morgan fingerprint density at radius 1 is 1.06 bits per heavy atom. The Bertz CT molecular complexity index is 1190. The molecule has 2 unspecified atom stereocenters. The van der Waals surface area contributed by atoms with Crippen molar-refractivity contribution in [3.8, 4) is 0 Å². The Balaban J connectivity index is 1.11. The van der Waals surface area contributed by atoms with E-state index in [1.54, 1.807) is 35.6 Å². The van der Waals surface area contributed by atoms with Crippen molar-refractivity contribution in [2.75, 3.05) is 25.0 Å². The summed E-state index contributed by atoms with van der Waals surface area (Å²) >= 11 is 0. The van der Waals surface area contributed by atoms with E-state index in [1.165, 1.54) is 4.90 Å². The summed E-state index contributed by atoms with van der Waals surface area (Å²) in [6.07, 6.45) is 9.10. The summed E-state index contributed by atoms with van der Waals surface area (Å²) in [6.45, 7) is 1.60. The molecule has 36 heavy (non-hydrogen) atoms. The monoisotopic (exact) mass is 487 g/mol. The molecule has 4 heterocycles. The fraction of sp³-hybridized carbons (Fsp3) is 0.462. The van der Waals surface area contributed by atoms with Crippen LogP contribution >= 0.6 is 0 Å². The summed E-state index contributed by atoms with van der Waals surface area (Å²) in [6, 6.07) is 6.43. The van der Waals surface area contributed by atoms with Gasteiger partial charge in [-0.05, 0) is 61.8 Å². The van der Waals surface area contributed by atoms with Gasteiger partial charge in [-0.2, -0.15) is 0 Å². The van der Waals surface area contributed by atoms with Gasteiger partial charge >= 0.3 is 6.03 Å². The number of ketones is 1. The number of nitrogens with zero attached hydrogens (tertiary/aromatic N) is 5. The van der Waals surface area contributed by atoms with E-state index in [0.717, 1.165) is 31.2 Å². The third kappa shape index (κ3) is 4.67. The number of fused-ring (bicyclic) bond motifs is 1. The summed E-state index contributed by atoms with van der Waals surface area (Å²) in [7, 11) is 0. The number of aliphatic imine (C=N–C) groups is 1. The number of Topliss-reactive ketones (excluding diaryl/α,β-unsaturated/α-hetero) is 1. The number of pyridine rings is 2. The number of carbonyl (C=O) groups excluding carboxylic acids is 3. The van der Waals surface area contributed by atoms with Crippen LogP contribution in [0, 0.1) is 11.8 Å². The maximum absolute atomic E-state index is 13.2. The molecule has 3 fully saturated rings. The molecule has 2 saturated carbocycles. The van der Waals surface area contributed by atoms with Crippen LogP contribution in [0.4, 0.5) is 10.6 Å². The van der Waals surface area contributed by atoms with Crippen molar-refractivity contribution in [3.05, 3.63) is 54.0 Å². The van der Waals surface area contributed by atoms with Gasteiger partial charge in [0.2, 0.25) is 0 Å². The number of nitrogens with one attached hydrogen (secondary N) is 2. The normalized spacial score (nSPS) is 23.3. The Kier molecular flexibility index (Phi) is 5.86. The summed E-state index contributed by atoms with van der Waals surface area (Å²) in [4.78, 5) is 55.1. The maximum atomic E-state index is 13.2. The van der Waals surface area contributed by atoms with Crippen LogP contribution in [0.5, 0.6) is 0 Å². The van der Waals surface area contributed by atoms with E-state index >= 15 is 0 Å².